The highest BCUT2D eigenvalue weighted by atomic mass is 32.1. The highest BCUT2D eigenvalue weighted by Gasteiger charge is 2.09. The summed E-state index contributed by atoms with van der Waals surface area (Å²) in [7, 11) is 0. The summed E-state index contributed by atoms with van der Waals surface area (Å²) >= 11 is 1.55. The fourth-order valence-corrected chi connectivity index (χ4v) is 2.28. The first kappa shape index (κ1) is 14.0. The molecule has 0 fully saturated rings. The summed E-state index contributed by atoms with van der Waals surface area (Å²) in [5.74, 6) is 0.359. The topological polar surface area (TPSA) is 61.4 Å². The van der Waals surface area contributed by atoms with Gasteiger partial charge in [0.15, 0.2) is 0 Å². The molecule has 96 valence electrons. The second-order valence-electron chi connectivity index (χ2n) is 4.01. The Kier molecular flexibility index (Phi) is 6.65. The van der Waals surface area contributed by atoms with Crippen molar-refractivity contribution in [3.8, 4) is 0 Å². The van der Waals surface area contributed by atoms with Crippen LogP contribution in [0, 0.1) is 5.92 Å². The van der Waals surface area contributed by atoms with Crippen LogP contribution in [0.3, 0.4) is 0 Å². The highest BCUT2D eigenvalue weighted by Crippen LogP contribution is 2.12. The number of hydrogen-bond donors (Lipinski definition) is 3. The van der Waals surface area contributed by atoms with Gasteiger partial charge in [0.2, 0.25) is 0 Å². The molecule has 1 aromatic rings. The van der Waals surface area contributed by atoms with Gasteiger partial charge in [0, 0.05) is 18.5 Å². The maximum absolute atomic E-state index is 11.5. The Labute approximate surface area is 106 Å². The van der Waals surface area contributed by atoms with Crippen molar-refractivity contribution in [1.82, 2.24) is 5.32 Å². The van der Waals surface area contributed by atoms with Gasteiger partial charge in [-0.05, 0) is 30.2 Å². The van der Waals surface area contributed by atoms with E-state index in [2.05, 4.69) is 17.6 Å². The molecule has 0 aliphatic rings. The molecule has 0 saturated carbocycles. The Morgan fingerprint density at radius 2 is 2.35 bits per heavy atom. The SMILES string of the molecule is CCCC(CCO)CNC(=O)Nc1ccsc1. The van der Waals surface area contributed by atoms with E-state index in [0.29, 0.717) is 12.5 Å². The fraction of sp³-hybridized carbons (Fsp3) is 0.583. The number of aliphatic hydroxyl groups excluding tert-OH is 1. The van der Waals surface area contributed by atoms with Gasteiger partial charge >= 0.3 is 6.03 Å². The fourth-order valence-electron chi connectivity index (χ4n) is 1.69. The smallest absolute Gasteiger partial charge is 0.319 e. The van der Waals surface area contributed by atoms with Crippen LogP contribution in [0.4, 0.5) is 10.5 Å². The minimum Gasteiger partial charge on any atom is -0.396 e. The molecular formula is C12H20N2O2S. The van der Waals surface area contributed by atoms with Crippen LogP contribution in [0.25, 0.3) is 0 Å². The second-order valence-corrected chi connectivity index (χ2v) is 4.79. The van der Waals surface area contributed by atoms with Gasteiger partial charge < -0.3 is 15.7 Å². The summed E-state index contributed by atoms with van der Waals surface area (Å²) in [6, 6.07) is 1.68. The lowest BCUT2D eigenvalue weighted by Crippen LogP contribution is -2.33. The van der Waals surface area contributed by atoms with E-state index in [1.807, 2.05) is 16.8 Å². The van der Waals surface area contributed by atoms with Crippen molar-refractivity contribution in [1.29, 1.82) is 0 Å². The van der Waals surface area contributed by atoms with E-state index < -0.39 is 0 Å². The number of carbonyl (C=O) groups is 1. The average Bonchev–Trinajstić information content (AvgIpc) is 2.79. The normalized spacial score (nSPS) is 12.1. The number of hydrogen-bond acceptors (Lipinski definition) is 3. The summed E-state index contributed by atoms with van der Waals surface area (Å²) in [4.78, 5) is 11.5. The van der Waals surface area contributed by atoms with E-state index >= 15 is 0 Å². The molecule has 0 aliphatic heterocycles. The predicted octanol–water partition coefficient (Wildman–Crippen LogP) is 2.67. The van der Waals surface area contributed by atoms with E-state index in [1.54, 1.807) is 11.3 Å². The summed E-state index contributed by atoms with van der Waals surface area (Å²) in [5.41, 5.74) is 0.821. The molecule has 2 amide bonds. The quantitative estimate of drug-likeness (QED) is 0.702. The molecule has 1 unspecified atom stereocenters. The zero-order valence-corrected chi connectivity index (χ0v) is 10.9. The molecule has 0 saturated heterocycles. The van der Waals surface area contributed by atoms with Crippen LogP contribution >= 0.6 is 11.3 Å². The third-order valence-electron chi connectivity index (χ3n) is 2.56. The number of carbonyl (C=O) groups excluding carboxylic acids is 1. The Morgan fingerprint density at radius 1 is 1.53 bits per heavy atom. The number of rotatable bonds is 7. The van der Waals surface area contributed by atoms with Crippen LogP contribution in [-0.4, -0.2) is 24.3 Å². The largest absolute Gasteiger partial charge is 0.396 e. The van der Waals surface area contributed by atoms with Crippen molar-refractivity contribution >= 4 is 23.1 Å². The molecule has 5 heteroatoms. The van der Waals surface area contributed by atoms with Crippen molar-refractivity contribution in [3.05, 3.63) is 16.8 Å². The molecule has 4 nitrogen and oxygen atoms in total. The Morgan fingerprint density at radius 3 is 2.94 bits per heavy atom. The monoisotopic (exact) mass is 256 g/mol. The van der Waals surface area contributed by atoms with E-state index in [0.717, 1.165) is 24.9 Å². The van der Waals surface area contributed by atoms with E-state index in [9.17, 15) is 4.79 Å². The maximum Gasteiger partial charge on any atom is 0.319 e. The zero-order valence-electron chi connectivity index (χ0n) is 10.1. The third-order valence-corrected chi connectivity index (χ3v) is 3.25. The second kappa shape index (κ2) is 8.08. The Balaban J connectivity index is 2.25. The standard InChI is InChI=1S/C12H20N2O2S/c1-2-3-10(4-6-15)8-13-12(16)14-11-5-7-17-9-11/h5,7,9-10,15H,2-4,6,8H2,1H3,(H2,13,14,16). The number of urea groups is 1. The zero-order chi connectivity index (χ0) is 12.5. The Hall–Kier alpha value is -1.07. The number of thiophene rings is 1. The molecule has 0 aliphatic carbocycles. The van der Waals surface area contributed by atoms with Crippen LogP contribution in [-0.2, 0) is 0 Å². The van der Waals surface area contributed by atoms with Gasteiger partial charge in [0.05, 0.1) is 5.69 Å². The van der Waals surface area contributed by atoms with Gasteiger partial charge in [-0.3, -0.25) is 0 Å². The third kappa shape index (κ3) is 5.70. The van der Waals surface area contributed by atoms with Gasteiger partial charge in [0.25, 0.3) is 0 Å². The Bertz CT molecular complexity index is 308. The van der Waals surface area contributed by atoms with Crippen molar-refractivity contribution in [2.24, 2.45) is 5.92 Å². The minimum absolute atomic E-state index is 0.178. The summed E-state index contributed by atoms with van der Waals surface area (Å²) in [6.07, 6.45) is 2.84. The van der Waals surface area contributed by atoms with Gasteiger partial charge in [0.1, 0.15) is 0 Å². The maximum atomic E-state index is 11.5. The van der Waals surface area contributed by atoms with E-state index in [4.69, 9.17) is 5.11 Å². The van der Waals surface area contributed by atoms with Gasteiger partial charge in [-0.25, -0.2) is 4.79 Å². The minimum atomic E-state index is -0.178. The lowest BCUT2D eigenvalue weighted by atomic mass is 10.0. The molecule has 1 heterocycles. The highest BCUT2D eigenvalue weighted by molar-refractivity contribution is 7.08. The summed E-state index contributed by atoms with van der Waals surface area (Å²) < 4.78 is 0. The molecule has 3 N–H and O–H groups in total. The molecule has 0 radical (unpaired) electrons. The van der Waals surface area contributed by atoms with Crippen molar-refractivity contribution in [3.63, 3.8) is 0 Å². The van der Waals surface area contributed by atoms with Crippen LogP contribution in [0.1, 0.15) is 26.2 Å². The number of nitrogens with one attached hydrogen (secondary N) is 2. The first-order chi connectivity index (χ1) is 8.26. The van der Waals surface area contributed by atoms with Gasteiger partial charge in [-0.1, -0.05) is 13.3 Å². The van der Waals surface area contributed by atoms with Crippen LogP contribution in [0.2, 0.25) is 0 Å². The molecular weight excluding hydrogens is 236 g/mol. The van der Waals surface area contributed by atoms with Crippen molar-refractivity contribution in [2.75, 3.05) is 18.5 Å². The molecule has 0 spiro atoms. The first-order valence-electron chi connectivity index (χ1n) is 5.94. The van der Waals surface area contributed by atoms with Crippen molar-refractivity contribution < 1.29 is 9.90 Å². The molecule has 0 aromatic carbocycles. The predicted molar refractivity (Wildman–Crippen MR) is 71.4 cm³/mol. The molecule has 17 heavy (non-hydrogen) atoms. The van der Waals surface area contributed by atoms with Gasteiger partial charge in [-0.15, -0.1) is 0 Å². The number of amides is 2. The first-order valence-corrected chi connectivity index (χ1v) is 6.88. The summed E-state index contributed by atoms with van der Waals surface area (Å²) in [6.45, 7) is 2.90. The summed E-state index contributed by atoms with van der Waals surface area (Å²) in [5, 5.41) is 18.3. The lowest BCUT2D eigenvalue weighted by molar-refractivity contribution is 0.237. The average molecular weight is 256 g/mol. The van der Waals surface area contributed by atoms with Crippen molar-refractivity contribution in [2.45, 2.75) is 26.2 Å². The van der Waals surface area contributed by atoms with Gasteiger partial charge in [-0.2, -0.15) is 11.3 Å². The van der Waals surface area contributed by atoms with E-state index in [-0.39, 0.29) is 12.6 Å². The van der Waals surface area contributed by atoms with Crippen LogP contribution < -0.4 is 10.6 Å². The molecule has 1 atom stereocenters. The number of anilines is 1. The van der Waals surface area contributed by atoms with Crippen LogP contribution in [0.5, 0.6) is 0 Å². The molecule has 0 bridgehead atoms. The molecule has 1 aromatic heterocycles. The lowest BCUT2D eigenvalue weighted by Gasteiger charge is -2.15. The number of aliphatic hydroxyl groups is 1. The van der Waals surface area contributed by atoms with Crippen LogP contribution in [0.15, 0.2) is 16.8 Å². The van der Waals surface area contributed by atoms with E-state index in [1.165, 1.54) is 0 Å². The molecule has 1 rings (SSSR count).